The van der Waals surface area contributed by atoms with E-state index in [0.29, 0.717) is 0 Å². The molecule has 21 heavy (non-hydrogen) atoms. The molecule has 3 N–H and O–H groups in total. The third-order valence-electron chi connectivity index (χ3n) is 2.67. The number of rotatable bonds is 2. The minimum atomic E-state index is -0.730. The molecule has 0 bridgehead atoms. The lowest BCUT2D eigenvalue weighted by Crippen LogP contribution is -2.14. The fourth-order valence-corrected chi connectivity index (χ4v) is 2.13. The summed E-state index contributed by atoms with van der Waals surface area (Å²) in [5, 5.41) is 11.5. The summed E-state index contributed by atoms with van der Waals surface area (Å²) >= 11 is 11.8. The van der Waals surface area contributed by atoms with Crippen molar-refractivity contribution in [2.24, 2.45) is 0 Å². The Balaban J connectivity index is 2.40. The first kappa shape index (κ1) is 15.1. The van der Waals surface area contributed by atoms with E-state index in [-0.39, 0.29) is 32.5 Å². The zero-order valence-corrected chi connectivity index (χ0v) is 12.0. The first-order valence-corrected chi connectivity index (χ1v) is 6.44. The van der Waals surface area contributed by atoms with Crippen LogP contribution in [-0.2, 0) is 0 Å². The summed E-state index contributed by atoms with van der Waals surface area (Å²) < 4.78 is 13.5. The van der Waals surface area contributed by atoms with Crippen molar-refractivity contribution < 1.29 is 9.18 Å². The number of nitrogens with one attached hydrogen (secondary N) is 1. The first-order valence-electron chi connectivity index (χ1n) is 5.68. The van der Waals surface area contributed by atoms with Crippen LogP contribution in [0, 0.1) is 17.1 Å². The molecule has 7 heteroatoms. The second-order valence-corrected chi connectivity index (χ2v) is 4.88. The molecular formula is C14H8Cl2FN3O. The van der Waals surface area contributed by atoms with E-state index >= 15 is 0 Å². The van der Waals surface area contributed by atoms with E-state index in [1.165, 1.54) is 24.3 Å². The van der Waals surface area contributed by atoms with Crippen LogP contribution in [0.5, 0.6) is 0 Å². The van der Waals surface area contributed by atoms with Crippen molar-refractivity contribution in [2.75, 3.05) is 11.1 Å². The van der Waals surface area contributed by atoms with Crippen molar-refractivity contribution in [2.45, 2.75) is 0 Å². The number of nitrogens with two attached hydrogens (primary N) is 1. The van der Waals surface area contributed by atoms with E-state index in [2.05, 4.69) is 5.32 Å². The molecule has 0 saturated carbocycles. The van der Waals surface area contributed by atoms with Crippen LogP contribution >= 0.6 is 23.2 Å². The number of amides is 1. The number of nitrogen functional groups attached to an aromatic ring is 1. The van der Waals surface area contributed by atoms with E-state index in [9.17, 15) is 9.18 Å². The third-order valence-corrected chi connectivity index (χ3v) is 3.47. The van der Waals surface area contributed by atoms with E-state index in [1.54, 1.807) is 6.07 Å². The number of carbonyl (C=O) groups is 1. The average molecular weight is 324 g/mol. The maximum absolute atomic E-state index is 13.5. The Kier molecular flexibility index (Phi) is 4.32. The maximum Gasteiger partial charge on any atom is 0.257 e. The molecule has 0 aliphatic heterocycles. The highest BCUT2D eigenvalue weighted by Gasteiger charge is 2.17. The molecule has 4 nitrogen and oxygen atoms in total. The van der Waals surface area contributed by atoms with Gasteiger partial charge >= 0.3 is 0 Å². The van der Waals surface area contributed by atoms with Gasteiger partial charge in [0.25, 0.3) is 5.91 Å². The van der Waals surface area contributed by atoms with E-state index in [0.717, 1.165) is 6.07 Å². The number of hydrogen-bond acceptors (Lipinski definition) is 3. The van der Waals surface area contributed by atoms with Crippen molar-refractivity contribution >= 4 is 40.5 Å². The molecule has 1 amide bonds. The van der Waals surface area contributed by atoms with Gasteiger partial charge in [0.15, 0.2) is 0 Å². The smallest absolute Gasteiger partial charge is 0.257 e. The van der Waals surface area contributed by atoms with Gasteiger partial charge in [0.05, 0.1) is 21.3 Å². The van der Waals surface area contributed by atoms with Crippen molar-refractivity contribution in [3.63, 3.8) is 0 Å². The SMILES string of the molecule is N#Cc1c(F)cccc1NC(=O)c1cc(N)cc(Cl)c1Cl. The minimum absolute atomic E-state index is 0.0262. The van der Waals surface area contributed by atoms with Gasteiger partial charge in [-0.1, -0.05) is 29.3 Å². The Hall–Kier alpha value is -2.29. The van der Waals surface area contributed by atoms with Gasteiger partial charge in [0, 0.05) is 5.69 Å². The Labute approximate surface area is 129 Å². The second kappa shape index (κ2) is 6.00. The largest absolute Gasteiger partial charge is 0.399 e. The highest BCUT2D eigenvalue weighted by molar-refractivity contribution is 6.44. The van der Waals surface area contributed by atoms with Crippen molar-refractivity contribution in [3.05, 3.63) is 57.3 Å². The second-order valence-electron chi connectivity index (χ2n) is 4.09. The van der Waals surface area contributed by atoms with Crippen molar-refractivity contribution in [3.8, 4) is 6.07 Å². The van der Waals surface area contributed by atoms with Crippen LogP contribution in [0.3, 0.4) is 0 Å². The normalized spacial score (nSPS) is 10.0. The van der Waals surface area contributed by atoms with Gasteiger partial charge < -0.3 is 11.1 Å². The lowest BCUT2D eigenvalue weighted by molar-refractivity contribution is 0.102. The molecule has 0 aliphatic rings. The molecule has 2 rings (SSSR count). The number of carbonyl (C=O) groups excluding carboxylic acids is 1. The van der Waals surface area contributed by atoms with Gasteiger partial charge in [-0.15, -0.1) is 0 Å². The maximum atomic E-state index is 13.5. The standard InChI is InChI=1S/C14H8Cl2FN3O/c15-10-5-7(19)4-8(13(10)16)14(21)20-12-3-1-2-11(17)9(12)6-18/h1-5H,19H2,(H,20,21). The van der Waals surface area contributed by atoms with Crippen LogP contribution in [0.1, 0.15) is 15.9 Å². The quantitative estimate of drug-likeness (QED) is 0.824. The molecule has 2 aromatic carbocycles. The molecule has 106 valence electrons. The summed E-state index contributed by atoms with van der Waals surface area (Å²) in [6.45, 7) is 0. The predicted molar refractivity (Wildman–Crippen MR) is 79.9 cm³/mol. The Bertz CT molecular complexity index is 772. The molecule has 0 saturated heterocycles. The number of halogens is 3. The number of nitriles is 1. The molecule has 0 spiro atoms. The van der Waals surface area contributed by atoms with Crippen LogP contribution < -0.4 is 11.1 Å². The van der Waals surface area contributed by atoms with E-state index in [1.807, 2.05) is 0 Å². The molecular weight excluding hydrogens is 316 g/mol. The zero-order valence-electron chi connectivity index (χ0n) is 10.5. The molecule has 0 fully saturated rings. The molecule has 2 aromatic rings. The summed E-state index contributed by atoms with van der Waals surface area (Å²) in [5.74, 6) is -1.37. The lowest BCUT2D eigenvalue weighted by atomic mass is 10.1. The summed E-state index contributed by atoms with van der Waals surface area (Å²) in [7, 11) is 0. The highest BCUT2D eigenvalue weighted by atomic mass is 35.5. The number of anilines is 2. The number of hydrogen-bond donors (Lipinski definition) is 2. The van der Waals surface area contributed by atoms with Gasteiger partial charge in [0.1, 0.15) is 17.4 Å². The average Bonchev–Trinajstić information content (AvgIpc) is 2.43. The monoisotopic (exact) mass is 323 g/mol. The first-order chi connectivity index (χ1) is 9.93. The van der Waals surface area contributed by atoms with Crippen LogP contribution in [0.2, 0.25) is 10.0 Å². The minimum Gasteiger partial charge on any atom is -0.399 e. The zero-order chi connectivity index (χ0) is 15.6. The van der Waals surface area contributed by atoms with Gasteiger partial charge in [-0.2, -0.15) is 5.26 Å². The highest BCUT2D eigenvalue weighted by Crippen LogP contribution is 2.29. The lowest BCUT2D eigenvalue weighted by Gasteiger charge is -2.10. The Morgan fingerprint density at radius 3 is 2.71 bits per heavy atom. The number of nitrogens with zero attached hydrogens (tertiary/aromatic N) is 1. The van der Waals surface area contributed by atoms with Crippen LogP contribution in [0.4, 0.5) is 15.8 Å². The predicted octanol–water partition coefficient (Wildman–Crippen LogP) is 3.84. The summed E-state index contributed by atoms with van der Waals surface area (Å²) in [6.07, 6.45) is 0. The fraction of sp³-hybridized carbons (Fsp3) is 0. The van der Waals surface area contributed by atoms with Gasteiger partial charge in [-0.05, 0) is 24.3 Å². The van der Waals surface area contributed by atoms with Crippen molar-refractivity contribution in [1.82, 2.24) is 0 Å². The van der Waals surface area contributed by atoms with Crippen LogP contribution in [0.15, 0.2) is 30.3 Å². The summed E-state index contributed by atoms with van der Waals surface area (Å²) in [6, 6.07) is 8.34. The van der Waals surface area contributed by atoms with E-state index in [4.69, 9.17) is 34.2 Å². The summed E-state index contributed by atoms with van der Waals surface area (Å²) in [5.41, 5.74) is 5.67. The third kappa shape index (κ3) is 3.07. The number of benzene rings is 2. The van der Waals surface area contributed by atoms with Gasteiger partial charge in [-0.25, -0.2) is 4.39 Å². The molecule has 0 atom stereocenters. The molecule has 0 aliphatic carbocycles. The fourth-order valence-electron chi connectivity index (χ4n) is 1.71. The Morgan fingerprint density at radius 2 is 2.05 bits per heavy atom. The van der Waals surface area contributed by atoms with E-state index < -0.39 is 11.7 Å². The molecule has 0 unspecified atom stereocenters. The van der Waals surface area contributed by atoms with Crippen LogP contribution in [0.25, 0.3) is 0 Å². The van der Waals surface area contributed by atoms with Gasteiger partial charge in [-0.3, -0.25) is 4.79 Å². The molecule has 0 heterocycles. The van der Waals surface area contributed by atoms with Crippen LogP contribution in [-0.4, -0.2) is 5.91 Å². The van der Waals surface area contributed by atoms with Crippen molar-refractivity contribution in [1.29, 1.82) is 5.26 Å². The Morgan fingerprint density at radius 1 is 1.33 bits per heavy atom. The molecule has 0 aromatic heterocycles. The topological polar surface area (TPSA) is 78.9 Å². The van der Waals surface area contributed by atoms with Gasteiger partial charge in [0.2, 0.25) is 0 Å². The summed E-state index contributed by atoms with van der Waals surface area (Å²) in [4.78, 5) is 12.2. The molecule has 0 radical (unpaired) electrons.